The summed E-state index contributed by atoms with van der Waals surface area (Å²) < 4.78 is 1.49. The zero-order valence-corrected chi connectivity index (χ0v) is 13.2. The van der Waals surface area contributed by atoms with Gasteiger partial charge in [-0.1, -0.05) is 25.4 Å². The number of fused-ring (bicyclic) bond motifs is 1. The monoisotopic (exact) mass is 305 g/mol. The summed E-state index contributed by atoms with van der Waals surface area (Å²) in [4.78, 5) is 19.1. The molecular formula is C16H20ClN3O. The highest BCUT2D eigenvalue weighted by Gasteiger charge is 2.22. The van der Waals surface area contributed by atoms with Gasteiger partial charge in [0.25, 0.3) is 5.56 Å². The van der Waals surface area contributed by atoms with E-state index in [4.69, 9.17) is 11.6 Å². The minimum absolute atomic E-state index is 0.0735. The Hall–Kier alpha value is -1.39. The van der Waals surface area contributed by atoms with Crippen LogP contribution < -0.4 is 5.56 Å². The van der Waals surface area contributed by atoms with Crippen LogP contribution in [0.5, 0.6) is 0 Å². The highest BCUT2D eigenvalue weighted by molar-refractivity contribution is 6.30. The molecule has 2 aromatic rings. The zero-order valence-electron chi connectivity index (χ0n) is 12.4. The Bertz CT molecular complexity index is 702. The van der Waals surface area contributed by atoms with E-state index >= 15 is 0 Å². The van der Waals surface area contributed by atoms with Crippen LogP contribution >= 0.6 is 11.6 Å². The van der Waals surface area contributed by atoms with Gasteiger partial charge >= 0.3 is 0 Å². The number of piperidine rings is 1. The van der Waals surface area contributed by atoms with E-state index in [0.717, 1.165) is 25.3 Å². The van der Waals surface area contributed by atoms with E-state index in [1.807, 2.05) is 0 Å². The van der Waals surface area contributed by atoms with Crippen molar-refractivity contribution < 1.29 is 0 Å². The number of likely N-dealkylation sites (tertiary alicyclic amines) is 1. The van der Waals surface area contributed by atoms with Crippen LogP contribution in [0.3, 0.4) is 0 Å². The number of hydrogen-bond acceptors (Lipinski definition) is 3. The Morgan fingerprint density at radius 3 is 2.71 bits per heavy atom. The van der Waals surface area contributed by atoms with Gasteiger partial charge in [0.1, 0.15) is 5.65 Å². The Labute approximate surface area is 129 Å². The van der Waals surface area contributed by atoms with Gasteiger partial charge in [-0.3, -0.25) is 14.1 Å². The fourth-order valence-corrected chi connectivity index (χ4v) is 3.52. The van der Waals surface area contributed by atoms with Crippen LogP contribution in [-0.2, 0) is 6.54 Å². The van der Waals surface area contributed by atoms with Crippen molar-refractivity contribution in [3.63, 3.8) is 0 Å². The van der Waals surface area contributed by atoms with Gasteiger partial charge in [-0.25, -0.2) is 4.98 Å². The second-order valence-corrected chi connectivity index (χ2v) is 6.74. The molecule has 0 spiro atoms. The van der Waals surface area contributed by atoms with Gasteiger partial charge in [-0.05, 0) is 30.4 Å². The van der Waals surface area contributed by atoms with Crippen molar-refractivity contribution in [3.8, 4) is 0 Å². The number of hydrogen-bond donors (Lipinski definition) is 0. The highest BCUT2D eigenvalue weighted by Crippen LogP contribution is 2.22. The maximum Gasteiger partial charge on any atom is 0.258 e. The molecule has 1 fully saturated rings. The molecule has 0 saturated carbocycles. The van der Waals surface area contributed by atoms with Crippen molar-refractivity contribution in [2.75, 3.05) is 13.1 Å². The molecule has 0 amide bonds. The van der Waals surface area contributed by atoms with E-state index in [1.165, 1.54) is 10.8 Å². The molecule has 0 aromatic carbocycles. The molecule has 2 atom stereocenters. The first-order chi connectivity index (χ1) is 10.0. The molecule has 1 aliphatic rings. The minimum atomic E-state index is -0.0735. The van der Waals surface area contributed by atoms with E-state index in [9.17, 15) is 4.79 Å². The van der Waals surface area contributed by atoms with Crippen molar-refractivity contribution in [3.05, 3.63) is 45.5 Å². The number of halogens is 1. The smallest absolute Gasteiger partial charge is 0.258 e. The van der Waals surface area contributed by atoms with Crippen molar-refractivity contribution in [1.29, 1.82) is 0 Å². The molecule has 0 N–H and O–H groups in total. The lowest BCUT2D eigenvalue weighted by atomic mass is 9.92. The summed E-state index contributed by atoms with van der Waals surface area (Å²) in [7, 11) is 0. The van der Waals surface area contributed by atoms with E-state index in [0.29, 0.717) is 22.5 Å². The fraction of sp³-hybridized carbons (Fsp3) is 0.500. The summed E-state index contributed by atoms with van der Waals surface area (Å²) >= 11 is 5.92. The predicted octanol–water partition coefficient (Wildman–Crippen LogP) is 2.83. The van der Waals surface area contributed by atoms with E-state index < -0.39 is 0 Å². The lowest BCUT2D eigenvalue weighted by Crippen LogP contribution is -2.38. The van der Waals surface area contributed by atoms with Gasteiger partial charge in [0, 0.05) is 31.9 Å². The van der Waals surface area contributed by atoms with Gasteiger partial charge in [0.15, 0.2) is 0 Å². The summed E-state index contributed by atoms with van der Waals surface area (Å²) in [5, 5.41) is 0.540. The Kier molecular flexibility index (Phi) is 4.00. The average molecular weight is 306 g/mol. The molecule has 1 aliphatic heterocycles. The largest absolute Gasteiger partial charge is 0.297 e. The number of aromatic nitrogens is 2. The van der Waals surface area contributed by atoms with E-state index in [2.05, 4.69) is 23.7 Å². The molecule has 0 aliphatic carbocycles. The van der Waals surface area contributed by atoms with Crippen LogP contribution in [-0.4, -0.2) is 27.4 Å². The maximum atomic E-state index is 12.2. The molecule has 21 heavy (non-hydrogen) atoms. The third-order valence-electron chi connectivity index (χ3n) is 4.01. The SMILES string of the molecule is C[C@@H]1C[C@H](C)CN(Cc2cc(=O)n3cc(Cl)ccc3n2)C1. The molecule has 3 rings (SSSR count). The Morgan fingerprint density at radius 2 is 2.00 bits per heavy atom. The topological polar surface area (TPSA) is 37.6 Å². The van der Waals surface area contributed by atoms with E-state index in [-0.39, 0.29) is 5.56 Å². The molecule has 3 heterocycles. The first-order valence-electron chi connectivity index (χ1n) is 7.41. The highest BCUT2D eigenvalue weighted by atomic mass is 35.5. The summed E-state index contributed by atoms with van der Waals surface area (Å²) in [5.74, 6) is 1.41. The normalized spacial score (nSPS) is 23.6. The molecule has 2 aromatic heterocycles. The molecule has 4 nitrogen and oxygen atoms in total. The second-order valence-electron chi connectivity index (χ2n) is 6.30. The second kappa shape index (κ2) is 5.78. The average Bonchev–Trinajstić information content (AvgIpc) is 2.38. The summed E-state index contributed by atoms with van der Waals surface area (Å²) in [6.45, 7) is 7.46. The standard InChI is InChI=1S/C16H20ClN3O/c1-11-5-12(2)8-19(7-11)10-14-6-16(21)20-9-13(17)3-4-15(20)18-14/h3-4,6,9,11-12H,5,7-8,10H2,1-2H3/t11-,12+. The fourth-order valence-electron chi connectivity index (χ4n) is 3.36. The summed E-state index contributed by atoms with van der Waals surface area (Å²) in [5.41, 5.74) is 1.42. The molecule has 0 unspecified atom stereocenters. The van der Waals surface area contributed by atoms with Gasteiger partial charge in [-0.2, -0.15) is 0 Å². The predicted molar refractivity (Wildman–Crippen MR) is 84.7 cm³/mol. The first kappa shape index (κ1) is 14.5. The third kappa shape index (κ3) is 3.27. The van der Waals surface area contributed by atoms with Crippen LogP contribution in [0.4, 0.5) is 0 Å². The van der Waals surface area contributed by atoms with Gasteiger partial charge in [-0.15, -0.1) is 0 Å². The lowest BCUT2D eigenvalue weighted by Gasteiger charge is -2.34. The van der Waals surface area contributed by atoms with Crippen molar-refractivity contribution in [2.24, 2.45) is 11.8 Å². The molecule has 0 bridgehead atoms. The number of nitrogens with zero attached hydrogens (tertiary/aromatic N) is 3. The lowest BCUT2D eigenvalue weighted by molar-refractivity contribution is 0.133. The van der Waals surface area contributed by atoms with Crippen molar-refractivity contribution >= 4 is 17.2 Å². The minimum Gasteiger partial charge on any atom is -0.297 e. The van der Waals surface area contributed by atoms with Crippen molar-refractivity contribution in [1.82, 2.24) is 14.3 Å². The number of rotatable bonds is 2. The molecule has 5 heteroatoms. The van der Waals surface area contributed by atoms with Crippen LogP contribution in [0.15, 0.2) is 29.2 Å². The Balaban J connectivity index is 1.87. The quantitative estimate of drug-likeness (QED) is 0.856. The van der Waals surface area contributed by atoms with Crippen molar-refractivity contribution in [2.45, 2.75) is 26.8 Å². The Morgan fingerprint density at radius 1 is 1.29 bits per heavy atom. The van der Waals surface area contributed by atoms with Gasteiger partial charge < -0.3 is 0 Å². The van der Waals surface area contributed by atoms with Gasteiger partial charge in [0.2, 0.25) is 0 Å². The van der Waals surface area contributed by atoms with E-state index in [1.54, 1.807) is 24.4 Å². The zero-order chi connectivity index (χ0) is 15.0. The number of pyridine rings is 1. The first-order valence-corrected chi connectivity index (χ1v) is 7.79. The van der Waals surface area contributed by atoms with Gasteiger partial charge in [0.05, 0.1) is 10.7 Å². The van der Waals surface area contributed by atoms with Crippen LogP contribution in [0.25, 0.3) is 5.65 Å². The molecular weight excluding hydrogens is 286 g/mol. The van der Waals surface area contributed by atoms with Crippen LogP contribution in [0, 0.1) is 11.8 Å². The molecule has 0 radical (unpaired) electrons. The third-order valence-corrected chi connectivity index (χ3v) is 4.23. The molecule has 112 valence electrons. The molecule has 1 saturated heterocycles. The summed E-state index contributed by atoms with van der Waals surface area (Å²) in [6.07, 6.45) is 2.89. The maximum absolute atomic E-state index is 12.2. The summed E-state index contributed by atoms with van der Waals surface area (Å²) in [6, 6.07) is 5.17. The van der Waals surface area contributed by atoms with Crippen LogP contribution in [0.2, 0.25) is 5.02 Å². The van der Waals surface area contributed by atoms with Crippen LogP contribution in [0.1, 0.15) is 26.0 Å².